The quantitative estimate of drug-likeness (QED) is 0.750. The van der Waals surface area contributed by atoms with Crippen LogP contribution in [0, 0.1) is 0 Å². The Morgan fingerprint density at radius 2 is 1.83 bits per heavy atom. The van der Waals surface area contributed by atoms with E-state index in [2.05, 4.69) is 5.32 Å². The summed E-state index contributed by atoms with van der Waals surface area (Å²) in [7, 11) is 0. The first-order valence-corrected chi connectivity index (χ1v) is 7.38. The Labute approximate surface area is 132 Å². The van der Waals surface area contributed by atoms with Crippen LogP contribution in [0.3, 0.4) is 0 Å². The maximum absolute atomic E-state index is 12.2. The monoisotopic (exact) mass is 301 g/mol. The molecule has 4 aliphatic rings. The minimum atomic E-state index is -0.725. The number of benzene rings is 1. The Morgan fingerprint density at radius 3 is 2.74 bits per heavy atom. The Kier molecular flexibility index (Phi) is 2.15. The molecule has 23 heavy (non-hydrogen) atoms. The summed E-state index contributed by atoms with van der Waals surface area (Å²) >= 11 is 0. The van der Waals surface area contributed by atoms with Crippen molar-refractivity contribution in [2.24, 2.45) is 0 Å². The molecule has 2 aliphatic carbocycles. The number of fused-ring (bicyclic) bond motifs is 3. The molecule has 5 rings (SSSR count). The third-order valence-corrected chi connectivity index (χ3v) is 4.59. The van der Waals surface area contributed by atoms with Crippen molar-refractivity contribution in [1.82, 2.24) is 5.32 Å². The molecule has 0 radical (unpaired) electrons. The molecule has 0 fully saturated rings. The number of carbonyl (C=O) groups excluding carboxylic acids is 2. The molecule has 1 atom stereocenters. The highest BCUT2D eigenvalue weighted by molar-refractivity contribution is 6.23. The molecular weight excluding hydrogens is 290 g/mol. The van der Waals surface area contributed by atoms with Crippen molar-refractivity contribution in [3.8, 4) is 5.75 Å². The molecule has 0 saturated heterocycles. The molecule has 4 nitrogen and oxygen atoms in total. The summed E-state index contributed by atoms with van der Waals surface area (Å²) in [6.07, 6.45) is 15.9. The first kappa shape index (κ1) is 12.4. The first-order chi connectivity index (χ1) is 11.2. The maximum Gasteiger partial charge on any atom is 0.262 e. The van der Waals surface area contributed by atoms with Crippen molar-refractivity contribution >= 4 is 17.9 Å². The number of rotatable bonds is 0. The van der Waals surface area contributed by atoms with Crippen LogP contribution in [-0.2, 0) is 0 Å². The van der Waals surface area contributed by atoms with Gasteiger partial charge in [0.05, 0.1) is 11.1 Å². The van der Waals surface area contributed by atoms with Crippen molar-refractivity contribution < 1.29 is 14.3 Å². The van der Waals surface area contributed by atoms with Gasteiger partial charge in [-0.3, -0.25) is 14.9 Å². The van der Waals surface area contributed by atoms with Gasteiger partial charge in [-0.25, -0.2) is 0 Å². The smallest absolute Gasteiger partial charge is 0.262 e. The van der Waals surface area contributed by atoms with Crippen molar-refractivity contribution in [3.63, 3.8) is 0 Å². The third-order valence-electron chi connectivity index (χ3n) is 4.59. The second kappa shape index (κ2) is 3.98. The lowest BCUT2D eigenvalue weighted by atomic mass is 9.77. The lowest BCUT2D eigenvalue weighted by Gasteiger charge is -2.40. The molecule has 1 aromatic carbocycles. The van der Waals surface area contributed by atoms with Gasteiger partial charge in [0, 0.05) is 16.7 Å². The zero-order valence-electron chi connectivity index (χ0n) is 12.0. The minimum Gasteiger partial charge on any atom is -0.472 e. The van der Waals surface area contributed by atoms with E-state index in [-0.39, 0.29) is 5.91 Å². The van der Waals surface area contributed by atoms with E-state index in [1.54, 1.807) is 6.07 Å². The number of ether oxygens (including phenoxy) is 1. The summed E-state index contributed by atoms with van der Waals surface area (Å²) in [5.74, 6) is -0.305. The second-order valence-electron chi connectivity index (χ2n) is 5.83. The van der Waals surface area contributed by atoms with Crippen LogP contribution in [0.15, 0.2) is 65.8 Å². The Balaban J connectivity index is 1.80. The summed E-state index contributed by atoms with van der Waals surface area (Å²) in [4.78, 5) is 24.0. The molecule has 1 unspecified atom stereocenters. The lowest BCUT2D eigenvalue weighted by molar-refractivity contribution is 0.0877. The number of hydrogen-bond donors (Lipinski definition) is 1. The van der Waals surface area contributed by atoms with Crippen LogP contribution in [-0.4, -0.2) is 17.4 Å². The number of hydrogen-bond acceptors (Lipinski definition) is 3. The van der Waals surface area contributed by atoms with Gasteiger partial charge in [0.2, 0.25) is 0 Å². The molecule has 1 N–H and O–H groups in total. The van der Waals surface area contributed by atoms with Gasteiger partial charge in [-0.05, 0) is 18.2 Å². The molecular formula is C19H11NO3. The van der Waals surface area contributed by atoms with E-state index in [1.807, 2.05) is 54.7 Å². The first-order valence-electron chi connectivity index (χ1n) is 7.38. The molecule has 2 heterocycles. The number of nitrogens with one attached hydrogen (secondary N) is 1. The van der Waals surface area contributed by atoms with Crippen molar-refractivity contribution in [2.45, 2.75) is 5.60 Å². The Bertz CT molecular complexity index is 959. The largest absolute Gasteiger partial charge is 0.472 e. The highest BCUT2D eigenvalue weighted by Gasteiger charge is 2.44. The number of allylic oxidation sites excluding steroid dienone is 4. The van der Waals surface area contributed by atoms with Crippen LogP contribution in [0.25, 0.3) is 6.08 Å². The highest BCUT2D eigenvalue weighted by atomic mass is 16.5. The molecule has 0 bridgehead atoms. The standard InChI is InChI=1S/C19H11NO3/c21-17-14-8-7-11-10-13-6-3-5-12-4-1-2-9-19(12,13)23-16(11)15(14)18(22)20-17/h1-10H,(H,20,21,22). The van der Waals surface area contributed by atoms with Crippen LogP contribution < -0.4 is 10.1 Å². The highest BCUT2D eigenvalue weighted by Crippen LogP contribution is 2.47. The van der Waals surface area contributed by atoms with Crippen LogP contribution in [0.2, 0.25) is 0 Å². The van der Waals surface area contributed by atoms with Gasteiger partial charge in [0.1, 0.15) is 5.75 Å². The minimum absolute atomic E-state index is 0.328. The van der Waals surface area contributed by atoms with Gasteiger partial charge >= 0.3 is 0 Å². The normalized spacial score (nSPS) is 25.6. The Morgan fingerprint density at radius 1 is 0.957 bits per heavy atom. The number of imide groups is 1. The van der Waals surface area contributed by atoms with E-state index in [1.165, 1.54) is 0 Å². The molecule has 0 saturated carbocycles. The van der Waals surface area contributed by atoms with Crippen molar-refractivity contribution in [1.29, 1.82) is 0 Å². The zero-order chi connectivity index (χ0) is 15.6. The fourth-order valence-electron chi connectivity index (χ4n) is 3.50. The summed E-state index contributed by atoms with van der Waals surface area (Å²) < 4.78 is 6.35. The average Bonchev–Trinajstić information content (AvgIpc) is 2.86. The molecule has 4 heteroatoms. The van der Waals surface area contributed by atoms with E-state index in [4.69, 9.17) is 4.74 Å². The van der Waals surface area contributed by atoms with Gasteiger partial charge < -0.3 is 4.74 Å². The third kappa shape index (κ3) is 1.45. The van der Waals surface area contributed by atoms with Gasteiger partial charge in [0.15, 0.2) is 5.60 Å². The number of carbonyl (C=O) groups is 2. The summed E-state index contributed by atoms with van der Waals surface area (Å²) in [5.41, 5.74) is 2.79. The van der Waals surface area contributed by atoms with Gasteiger partial charge in [-0.15, -0.1) is 0 Å². The lowest BCUT2D eigenvalue weighted by Crippen LogP contribution is -2.41. The molecule has 1 aromatic rings. The molecule has 2 amide bonds. The SMILES string of the molecule is O=C1NC(=O)c2c1ccc1c2OC23C=CC=CC2=CC=CC3=C1. The van der Waals surface area contributed by atoms with Crippen LogP contribution in [0.1, 0.15) is 26.3 Å². The average molecular weight is 301 g/mol. The molecule has 2 aliphatic heterocycles. The summed E-state index contributed by atoms with van der Waals surface area (Å²) in [5, 5.41) is 2.33. The van der Waals surface area contributed by atoms with Crippen molar-refractivity contribution in [3.05, 3.63) is 82.5 Å². The van der Waals surface area contributed by atoms with E-state index in [0.717, 1.165) is 16.7 Å². The topological polar surface area (TPSA) is 55.4 Å². The van der Waals surface area contributed by atoms with E-state index >= 15 is 0 Å². The summed E-state index contributed by atoms with van der Waals surface area (Å²) in [6.45, 7) is 0. The molecule has 110 valence electrons. The summed E-state index contributed by atoms with van der Waals surface area (Å²) in [6, 6.07) is 3.49. The Hall–Kier alpha value is -3.14. The van der Waals surface area contributed by atoms with Crippen LogP contribution >= 0.6 is 0 Å². The van der Waals surface area contributed by atoms with Crippen molar-refractivity contribution in [2.75, 3.05) is 0 Å². The van der Waals surface area contributed by atoms with E-state index < -0.39 is 11.5 Å². The second-order valence-corrected chi connectivity index (χ2v) is 5.83. The van der Waals surface area contributed by atoms with E-state index in [9.17, 15) is 9.59 Å². The van der Waals surface area contributed by atoms with Crippen LogP contribution in [0.4, 0.5) is 0 Å². The van der Waals surface area contributed by atoms with Gasteiger partial charge in [-0.2, -0.15) is 0 Å². The maximum atomic E-state index is 12.2. The molecule has 0 aromatic heterocycles. The van der Waals surface area contributed by atoms with E-state index in [0.29, 0.717) is 16.9 Å². The zero-order valence-corrected chi connectivity index (χ0v) is 12.0. The number of amides is 2. The predicted octanol–water partition coefficient (Wildman–Crippen LogP) is 2.71. The van der Waals surface area contributed by atoms with Gasteiger partial charge in [-0.1, -0.05) is 42.5 Å². The predicted molar refractivity (Wildman–Crippen MR) is 85.1 cm³/mol. The fraction of sp³-hybridized carbons (Fsp3) is 0.0526. The molecule has 1 spiro atoms. The van der Waals surface area contributed by atoms with Gasteiger partial charge in [0.25, 0.3) is 11.8 Å². The fourth-order valence-corrected chi connectivity index (χ4v) is 3.50. The van der Waals surface area contributed by atoms with Crippen LogP contribution in [0.5, 0.6) is 5.75 Å².